The monoisotopic (exact) mass is 456 g/mol. The number of hydrogen-bond acceptors (Lipinski definition) is 5. The van der Waals surface area contributed by atoms with Gasteiger partial charge < -0.3 is 20.9 Å². The fraction of sp³-hybridized carbons (Fsp3) is 0.450. The fourth-order valence-electron chi connectivity index (χ4n) is 3.28. The van der Waals surface area contributed by atoms with Crippen molar-refractivity contribution >= 4 is 42.3 Å². The minimum absolute atomic E-state index is 0. The molecule has 0 bridgehead atoms. The predicted molar refractivity (Wildman–Crippen MR) is 123 cm³/mol. The first-order valence-corrected chi connectivity index (χ1v) is 9.81. The number of nitrogens with zero attached hydrogens (tertiary/aromatic N) is 2. The third kappa shape index (κ3) is 6.43. The molecule has 2 heterocycles. The summed E-state index contributed by atoms with van der Waals surface area (Å²) in [5.74, 6) is -0.366. The number of aromatic nitrogens is 2. The van der Waals surface area contributed by atoms with E-state index >= 15 is 0 Å². The third-order valence-electron chi connectivity index (χ3n) is 5.03. The van der Waals surface area contributed by atoms with E-state index < -0.39 is 0 Å². The Hall–Kier alpha value is -2.13. The van der Waals surface area contributed by atoms with Gasteiger partial charge in [-0.15, -0.1) is 24.8 Å². The fourth-order valence-corrected chi connectivity index (χ4v) is 3.28. The summed E-state index contributed by atoms with van der Waals surface area (Å²) >= 11 is 0. The van der Waals surface area contributed by atoms with E-state index in [1.54, 1.807) is 24.3 Å². The molecule has 1 aromatic carbocycles. The van der Waals surface area contributed by atoms with Crippen molar-refractivity contribution in [2.45, 2.75) is 26.8 Å². The number of H-pyrrole nitrogens is 1. The van der Waals surface area contributed by atoms with Crippen molar-refractivity contribution in [1.29, 1.82) is 0 Å². The average molecular weight is 457 g/mol. The molecule has 0 aliphatic carbocycles. The summed E-state index contributed by atoms with van der Waals surface area (Å²) in [6.07, 6.45) is 0.841. The Kier molecular flexibility index (Phi) is 10.8. The van der Waals surface area contributed by atoms with Gasteiger partial charge in [0.25, 0.3) is 11.8 Å². The maximum Gasteiger partial charge on any atom is 0.276 e. The highest BCUT2D eigenvalue weighted by atomic mass is 35.5. The molecule has 166 valence electrons. The van der Waals surface area contributed by atoms with Crippen molar-refractivity contribution in [2.24, 2.45) is 0 Å². The highest BCUT2D eigenvalue weighted by Crippen LogP contribution is 2.17. The van der Waals surface area contributed by atoms with Gasteiger partial charge in [0, 0.05) is 55.1 Å². The van der Waals surface area contributed by atoms with Crippen molar-refractivity contribution in [2.75, 3.05) is 38.0 Å². The van der Waals surface area contributed by atoms with Gasteiger partial charge in [-0.25, -0.2) is 0 Å². The summed E-state index contributed by atoms with van der Waals surface area (Å²) in [7, 11) is 0. The van der Waals surface area contributed by atoms with Crippen LogP contribution in [0, 0.1) is 0 Å². The first kappa shape index (κ1) is 25.9. The first-order chi connectivity index (χ1) is 13.6. The SMILES string of the molecule is CCN(CC)CCNC(=O)c1ccc(NC(=O)c2n[nH]c3c2CNCC3)cc1.Cl.Cl. The van der Waals surface area contributed by atoms with Crippen LogP contribution in [0.4, 0.5) is 5.69 Å². The van der Waals surface area contributed by atoms with Gasteiger partial charge in [-0.3, -0.25) is 14.7 Å². The third-order valence-corrected chi connectivity index (χ3v) is 5.03. The summed E-state index contributed by atoms with van der Waals surface area (Å²) in [5.41, 5.74) is 3.55. The lowest BCUT2D eigenvalue weighted by molar-refractivity contribution is 0.0948. The van der Waals surface area contributed by atoms with Crippen LogP contribution >= 0.6 is 24.8 Å². The quantitative estimate of drug-likeness (QED) is 0.487. The number of halogens is 2. The second kappa shape index (κ2) is 12.5. The molecule has 0 saturated heterocycles. The summed E-state index contributed by atoms with van der Waals surface area (Å²) in [6.45, 7) is 9.11. The zero-order valence-electron chi connectivity index (χ0n) is 17.3. The van der Waals surface area contributed by atoms with Crippen LogP contribution in [0.1, 0.15) is 46.0 Å². The Labute approximate surface area is 189 Å². The van der Waals surface area contributed by atoms with Crippen LogP contribution in [0.5, 0.6) is 0 Å². The largest absolute Gasteiger partial charge is 0.351 e. The van der Waals surface area contributed by atoms with Crippen molar-refractivity contribution in [1.82, 2.24) is 25.7 Å². The van der Waals surface area contributed by atoms with Crippen LogP contribution in [0.15, 0.2) is 24.3 Å². The number of benzene rings is 1. The average Bonchev–Trinajstić information content (AvgIpc) is 3.16. The molecule has 0 saturated carbocycles. The highest BCUT2D eigenvalue weighted by Gasteiger charge is 2.21. The van der Waals surface area contributed by atoms with Gasteiger partial charge in [-0.1, -0.05) is 13.8 Å². The Morgan fingerprint density at radius 1 is 1.10 bits per heavy atom. The number of anilines is 1. The molecule has 0 radical (unpaired) electrons. The van der Waals surface area contributed by atoms with Crippen LogP contribution < -0.4 is 16.0 Å². The second-order valence-electron chi connectivity index (χ2n) is 6.77. The Morgan fingerprint density at radius 3 is 2.47 bits per heavy atom. The van der Waals surface area contributed by atoms with E-state index in [0.29, 0.717) is 30.0 Å². The molecule has 30 heavy (non-hydrogen) atoms. The van der Waals surface area contributed by atoms with E-state index in [0.717, 1.165) is 43.9 Å². The number of carbonyl (C=O) groups excluding carboxylic acids is 2. The van der Waals surface area contributed by atoms with E-state index in [4.69, 9.17) is 0 Å². The molecule has 3 rings (SSSR count). The molecule has 8 nitrogen and oxygen atoms in total. The Morgan fingerprint density at radius 2 is 1.80 bits per heavy atom. The van der Waals surface area contributed by atoms with E-state index in [1.807, 2.05) is 0 Å². The number of amides is 2. The number of aromatic amines is 1. The number of hydrogen-bond donors (Lipinski definition) is 4. The molecule has 0 atom stereocenters. The van der Waals surface area contributed by atoms with Gasteiger partial charge >= 0.3 is 0 Å². The summed E-state index contributed by atoms with van der Waals surface area (Å²) in [4.78, 5) is 27.0. The molecule has 1 aromatic heterocycles. The first-order valence-electron chi connectivity index (χ1n) is 9.81. The number of nitrogens with one attached hydrogen (secondary N) is 4. The second-order valence-corrected chi connectivity index (χ2v) is 6.77. The maximum absolute atomic E-state index is 12.5. The van der Waals surface area contributed by atoms with Crippen LogP contribution in [0.2, 0.25) is 0 Å². The lowest BCUT2D eigenvalue weighted by Gasteiger charge is -2.18. The van der Waals surface area contributed by atoms with Gasteiger partial charge in [0.2, 0.25) is 0 Å². The molecule has 0 fully saturated rings. The lowest BCUT2D eigenvalue weighted by Crippen LogP contribution is -2.34. The topological polar surface area (TPSA) is 102 Å². The van der Waals surface area contributed by atoms with Gasteiger partial charge in [0.05, 0.1) is 0 Å². The molecule has 2 amide bonds. The van der Waals surface area contributed by atoms with Crippen molar-refractivity contribution in [3.63, 3.8) is 0 Å². The van der Waals surface area contributed by atoms with E-state index in [1.165, 1.54) is 0 Å². The number of carbonyl (C=O) groups is 2. The minimum atomic E-state index is -0.252. The van der Waals surface area contributed by atoms with Crippen molar-refractivity contribution in [3.8, 4) is 0 Å². The predicted octanol–water partition coefficient (Wildman–Crippen LogP) is 2.22. The van der Waals surface area contributed by atoms with Crippen molar-refractivity contribution in [3.05, 3.63) is 46.8 Å². The van der Waals surface area contributed by atoms with Crippen LogP contribution in [-0.2, 0) is 13.0 Å². The smallest absolute Gasteiger partial charge is 0.276 e. The van der Waals surface area contributed by atoms with Gasteiger partial charge in [-0.05, 0) is 37.4 Å². The Bertz CT molecular complexity index is 821. The van der Waals surface area contributed by atoms with Gasteiger partial charge in [-0.2, -0.15) is 5.10 Å². The van der Waals surface area contributed by atoms with E-state index in [-0.39, 0.29) is 36.6 Å². The minimum Gasteiger partial charge on any atom is -0.351 e. The lowest BCUT2D eigenvalue weighted by atomic mass is 10.1. The Balaban J connectivity index is 0.00000225. The maximum atomic E-state index is 12.5. The van der Waals surface area contributed by atoms with Gasteiger partial charge in [0.15, 0.2) is 5.69 Å². The zero-order chi connectivity index (χ0) is 19.9. The number of likely N-dealkylation sites (N-methyl/N-ethyl adjacent to an activating group) is 1. The van der Waals surface area contributed by atoms with E-state index in [2.05, 4.69) is 44.9 Å². The molecule has 1 aliphatic heterocycles. The summed E-state index contributed by atoms with van der Waals surface area (Å²) < 4.78 is 0. The number of fused-ring (bicyclic) bond motifs is 1. The number of rotatable bonds is 8. The zero-order valence-corrected chi connectivity index (χ0v) is 18.9. The summed E-state index contributed by atoms with van der Waals surface area (Å²) in [6, 6.07) is 6.89. The van der Waals surface area contributed by atoms with Crippen LogP contribution in [0.25, 0.3) is 0 Å². The van der Waals surface area contributed by atoms with Gasteiger partial charge in [0.1, 0.15) is 0 Å². The molecular formula is C20H30Cl2N6O2. The van der Waals surface area contributed by atoms with Crippen LogP contribution in [-0.4, -0.2) is 59.6 Å². The summed E-state index contributed by atoms with van der Waals surface area (Å²) in [5, 5.41) is 16.1. The molecule has 1 aliphatic rings. The molecule has 0 spiro atoms. The van der Waals surface area contributed by atoms with E-state index in [9.17, 15) is 9.59 Å². The highest BCUT2D eigenvalue weighted by molar-refractivity contribution is 6.04. The van der Waals surface area contributed by atoms with Crippen molar-refractivity contribution < 1.29 is 9.59 Å². The molecule has 2 aromatic rings. The molecular weight excluding hydrogens is 427 g/mol. The molecule has 0 unspecified atom stereocenters. The molecule has 4 N–H and O–H groups in total. The standard InChI is InChI=1S/C20H28N6O2.2ClH/c1-3-26(4-2)12-11-22-19(27)14-5-7-15(8-6-14)23-20(28)18-16-13-21-10-9-17(16)24-25-18;;/h5-8,21H,3-4,9-13H2,1-2H3,(H,22,27)(H,23,28)(H,24,25);2*1H. The van der Waals surface area contributed by atoms with Crippen LogP contribution in [0.3, 0.4) is 0 Å². The normalized spacial score (nSPS) is 12.4. The molecule has 10 heteroatoms.